The molecule has 0 amide bonds. The molecule has 0 fully saturated rings. The van der Waals surface area contributed by atoms with Gasteiger partial charge < -0.3 is 9.11 Å². The molecule has 2 aromatic heterocycles. The van der Waals surface area contributed by atoms with Crippen LogP contribution in [0.4, 0.5) is 26.3 Å². The third-order valence-corrected chi connectivity index (χ3v) is 3.07. The molecule has 0 unspecified atom stereocenters. The highest BCUT2D eigenvalue weighted by molar-refractivity contribution is 7.86. The molecule has 10 nitrogen and oxygen atoms in total. The molecule has 2 rings (SSSR count). The van der Waals surface area contributed by atoms with Crippen LogP contribution in [0, 0.1) is 0 Å². The molecule has 0 atom stereocenters. The number of hydrogen-bond acceptors (Lipinski definition) is 6. The number of aromatic nitrogens is 4. The van der Waals surface area contributed by atoms with Crippen LogP contribution in [0.2, 0.25) is 0 Å². The summed E-state index contributed by atoms with van der Waals surface area (Å²) < 4.78 is 122. The van der Waals surface area contributed by atoms with E-state index in [9.17, 15) is 26.3 Å². The van der Waals surface area contributed by atoms with Crippen LogP contribution < -0.4 is 9.13 Å². The highest BCUT2D eigenvalue weighted by atomic mass is 32.2. The van der Waals surface area contributed by atoms with Crippen molar-refractivity contribution in [1.82, 2.24) is 9.97 Å². The number of H-pyrrole nitrogens is 2. The first-order valence-electron chi connectivity index (χ1n) is 6.29. The number of alkyl halides is 6. The zero-order valence-electron chi connectivity index (χ0n) is 13.9. The van der Waals surface area contributed by atoms with E-state index in [1.54, 1.807) is 0 Å². The first kappa shape index (κ1) is 28.0. The number of hydrogen-bond donors (Lipinski definition) is 2. The molecule has 0 bridgehead atoms. The second-order valence-corrected chi connectivity index (χ2v) is 7.10. The number of aromatic amines is 2. The third-order valence-electron chi connectivity index (χ3n) is 1.94. The summed E-state index contributed by atoms with van der Waals surface area (Å²) in [6.45, 7) is 0. The van der Waals surface area contributed by atoms with Gasteiger partial charge in [0.05, 0.1) is 14.1 Å². The molecule has 0 radical (unpaired) electrons. The van der Waals surface area contributed by atoms with E-state index < -0.39 is 31.3 Å². The Morgan fingerprint density at radius 1 is 0.714 bits per heavy atom. The maximum Gasteiger partial charge on any atom is 0.485 e. The molecule has 2 heterocycles. The molecule has 2 aromatic rings. The first-order chi connectivity index (χ1) is 12.3. The van der Waals surface area contributed by atoms with Crippen molar-refractivity contribution >= 4 is 20.2 Å². The fraction of sp³-hybridized carbons (Fsp3) is 0.400. The van der Waals surface area contributed by atoms with Crippen molar-refractivity contribution in [3.63, 3.8) is 0 Å². The summed E-state index contributed by atoms with van der Waals surface area (Å²) in [6.07, 6.45) is 11.4. The van der Waals surface area contributed by atoms with Crippen LogP contribution in [-0.4, -0.2) is 46.9 Å². The lowest BCUT2D eigenvalue weighted by atomic mass is 10.9. The van der Waals surface area contributed by atoms with Gasteiger partial charge in [0.25, 0.3) is 0 Å². The number of nitrogens with zero attached hydrogens (tertiary/aromatic N) is 2. The second-order valence-electron chi connectivity index (χ2n) is 4.35. The minimum absolute atomic E-state index is 1.88. The summed E-state index contributed by atoms with van der Waals surface area (Å²) in [5, 5.41) is 0. The van der Waals surface area contributed by atoms with Crippen LogP contribution in [-0.2, 0) is 34.3 Å². The van der Waals surface area contributed by atoms with Gasteiger partial charge >= 0.3 is 11.0 Å². The first-order valence-corrected chi connectivity index (χ1v) is 9.11. The van der Waals surface area contributed by atoms with Crippen molar-refractivity contribution in [3.05, 3.63) is 37.4 Å². The molecule has 0 saturated carbocycles. The number of rotatable bonds is 0. The standard InChI is InChI=1S/2C4H6N2.2CHF3O3S/c2*1-6-3-2-5-4-6;2*2-1(3,4)8(5,6)7/h2*2-4H,1H3;2*(H,5,6,7). The van der Waals surface area contributed by atoms with Gasteiger partial charge in [-0.2, -0.15) is 26.3 Å². The van der Waals surface area contributed by atoms with Gasteiger partial charge in [0.1, 0.15) is 24.8 Å². The van der Waals surface area contributed by atoms with Crippen LogP contribution >= 0.6 is 0 Å². The Labute approximate surface area is 154 Å². The molecular weight excluding hydrogens is 450 g/mol. The van der Waals surface area contributed by atoms with Crippen LogP contribution in [0.15, 0.2) is 37.4 Å². The molecule has 0 aromatic carbocycles. The molecule has 0 aliphatic heterocycles. The van der Waals surface area contributed by atoms with E-state index in [2.05, 4.69) is 9.97 Å². The van der Waals surface area contributed by atoms with E-state index in [1.807, 2.05) is 60.7 Å². The van der Waals surface area contributed by atoms with Crippen LogP contribution in [0.1, 0.15) is 0 Å². The Bertz CT molecular complexity index is 786. The van der Waals surface area contributed by atoms with Crippen LogP contribution in [0.3, 0.4) is 0 Å². The average Bonchev–Trinajstić information content (AvgIpc) is 3.10. The minimum Gasteiger partial charge on any atom is -0.741 e. The van der Waals surface area contributed by atoms with Crippen molar-refractivity contribution in [2.75, 3.05) is 0 Å². The molecular formula is C10H14F6N4O6S2. The van der Waals surface area contributed by atoms with Crippen LogP contribution in [0.25, 0.3) is 0 Å². The molecule has 0 aliphatic carbocycles. The molecule has 2 N–H and O–H groups in total. The summed E-state index contributed by atoms with van der Waals surface area (Å²) in [4.78, 5) is 5.78. The number of halogens is 6. The second kappa shape index (κ2) is 11.0. The largest absolute Gasteiger partial charge is 0.741 e. The van der Waals surface area contributed by atoms with Crippen molar-refractivity contribution in [1.29, 1.82) is 0 Å². The van der Waals surface area contributed by atoms with Gasteiger partial charge in [0.2, 0.25) is 12.7 Å². The van der Waals surface area contributed by atoms with E-state index in [4.69, 9.17) is 25.9 Å². The number of nitrogens with one attached hydrogen (secondary N) is 2. The van der Waals surface area contributed by atoms with Gasteiger partial charge in [-0.3, -0.25) is 9.97 Å². The highest BCUT2D eigenvalue weighted by Gasteiger charge is 2.37. The Hall–Kier alpha value is -2.18. The van der Waals surface area contributed by atoms with Gasteiger partial charge in [-0.05, 0) is 0 Å². The fourth-order valence-corrected chi connectivity index (χ4v) is 0.728. The van der Waals surface area contributed by atoms with Crippen molar-refractivity contribution in [2.45, 2.75) is 11.0 Å². The summed E-state index contributed by atoms with van der Waals surface area (Å²) >= 11 is 0. The van der Waals surface area contributed by atoms with Gasteiger partial charge in [-0.1, -0.05) is 0 Å². The Balaban J connectivity index is 0. The Morgan fingerprint density at radius 3 is 0.964 bits per heavy atom. The maximum absolute atomic E-state index is 10.7. The van der Waals surface area contributed by atoms with Crippen molar-refractivity contribution < 1.29 is 61.4 Å². The number of aryl methyl sites for hydroxylation is 2. The monoisotopic (exact) mass is 464 g/mol. The highest BCUT2D eigenvalue weighted by Crippen LogP contribution is 2.21. The summed E-state index contributed by atoms with van der Waals surface area (Å²) in [5.74, 6) is 0. The fourth-order valence-electron chi connectivity index (χ4n) is 0.728. The lowest BCUT2D eigenvalue weighted by Gasteiger charge is -2.08. The number of imidazole rings is 2. The molecule has 0 saturated heterocycles. The van der Waals surface area contributed by atoms with E-state index in [0.717, 1.165) is 0 Å². The average molecular weight is 464 g/mol. The zero-order valence-corrected chi connectivity index (χ0v) is 15.5. The Kier molecular flexibility index (Phi) is 11.0. The molecule has 164 valence electrons. The predicted octanol–water partition coefficient (Wildman–Crippen LogP) is -0.219. The van der Waals surface area contributed by atoms with E-state index in [0.29, 0.717) is 0 Å². The maximum atomic E-state index is 10.7. The van der Waals surface area contributed by atoms with E-state index in [-0.39, 0.29) is 0 Å². The van der Waals surface area contributed by atoms with Gasteiger partial charge in [0, 0.05) is 0 Å². The van der Waals surface area contributed by atoms with Crippen molar-refractivity contribution in [2.24, 2.45) is 14.1 Å². The smallest absolute Gasteiger partial charge is 0.485 e. The van der Waals surface area contributed by atoms with E-state index >= 15 is 0 Å². The molecule has 0 aliphatic rings. The van der Waals surface area contributed by atoms with Gasteiger partial charge in [0.15, 0.2) is 20.2 Å². The minimum atomic E-state index is -6.09. The van der Waals surface area contributed by atoms with Gasteiger partial charge in [-0.25, -0.2) is 26.0 Å². The topological polar surface area (TPSA) is 154 Å². The SMILES string of the molecule is C[n+]1cc[nH]c1.C[n+]1cc[nH]c1.O=S(=O)([O-])C(F)(F)F.O=S(=O)([O-])C(F)(F)F. The lowest BCUT2D eigenvalue weighted by molar-refractivity contribution is -0.670. The molecule has 0 spiro atoms. The zero-order chi connectivity index (χ0) is 22.8. The third kappa shape index (κ3) is 13.9. The predicted molar refractivity (Wildman–Crippen MR) is 75.4 cm³/mol. The van der Waals surface area contributed by atoms with Crippen LogP contribution in [0.5, 0.6) is 0 Å². The Morgan fingerprint density at radius 2 is 0.929 bits per heavy atom. The lowest BCUT2D eigenvalue weighted by Crippen LogP contribution is -2.22. The normalized spacial score (nSPS) is 11.8. The quantitative estimate of drug-likeness (QED) is 0.238. The van der Waals surface area contributed by atoms with Gasteiger partial charge in [-0.15, -0.1) is 0 Å². The summed E-state index contributed by atoms with van der Waals surface area (Å²) in [7, 11) is -8.24. The molecule has 28 heavy (non-hydrogen) atoms. The summed E-state index contributed by atoms with van der Waals surface area (Å²) in [5.41, 5.74) is -11.3. The van der Waals surface area contributed by atoms with E-state index in [1.165, 1.54) is 0 Å². The summed E-state index contributed by atoms with van der Waals surface area (Å²) in [6, 6.07) is 0. The molecule has 18 heteroatoms. The van der Waals surface area contributed by atoms with Crippen molar-refractivity contribution in [3.8, 4) is 0 Å².